The summed E-state index contributed by atoms with van der Waals surface area (Å²) in [4.78, 5) is 16.9. The summed E-state index contributed by atoms with van der Waals surface area (Å²) in [6.07, 6.45) is 3.46. The number of nitrogens with one attached hydrogen (secondary N) is 1. The van der Waals surface area contributed by atoms with Crippen LogP contribution in [0.1, 0.15) is 36.5 Å². The Morgan fingerprint density at radius 1 is 1.17 bits per heavy atom. The monoisotopic (exact) mass is 440 g/mol. The molecule has 0 radical (unpaired) electrons. The van der Waals surface area contributed by atoms with Gasteiger partial charge < -0.3 is 10.2 Å². The number of nitrogens with zero attached hydrogens (tertiary/aromatic N) is 3. The lowest BCUT2D eigenvalue weighted by molar-refractivity contribution is 0.0712. The fourth-order valence-electron chi connectivity index (χ4n) is 4.14. The Balaban J connectivity index is 1.69. The Bertz CT molecular complexity index is 814. The minimum atomic E-state index is -3.47. The highest BCUT2D eigenvalue weighted by atomic mass is 32.2. The standard InChI is InChI=1S/C21H33FN4O3S/c1-18-6-4-5-11-24(18)14-15-25(21(27)19-7-2-3-8-20(19)22)16-17-30(28,29)26-12-9-23-10-13-26/h2-3,7-8,18,23H,4-6,9-17H2,1H3. The lowest BCUT2D eigenvalue weighted by atomic mass is 10.0. The van der Waals surface area contributed by atoms with Crippen molar-refractivity contribution in [2.45, 2.75) is 32.2 Å². The first-order valence-electron chi connectivity index (χ1n) is 10.8. The summed E-state index contributed by atoms with van der Waals surface area (Å²) in [5.74, 6) is -1.18. The van der Waals surface area contributed by atoms with Crippen molar-refractivity contribution in [2.24, 2.45) is 0 Å². The van der Waals surface area contributed by atoms with Crippen molar-refractivity contribution in [3.63, 3.8) is 0 Å². The molecule has 1 aromatic carbocycles. The molecule has 1 amide bonds. The lowest BCUT2D eigenvalue weighted by Gasteiger charge is -2.35. The Morgan fingerprint density at radius 3 is 2.60 bits per heavy atom. The summed E-state index contributed by atoms with van der Waals surface area (Å²) >= 11 is 0. The van der Waals surface area contributed by atoms with E-state index in [1.54, 1.807) is 12.1 Å². The second-order valence-corrected chi connectivity index (χ2v) is 10.2. The minimum absolute atomic E-state index is 0.0104. The third-order valence-electron chi connectivity index (χ3n) is 6.08. The van der Waals surface area contributed by atoms with Gasteiger partial charge in [0.25, 0.3) is 5.91 Å². The van der Waals surface area contributed by atoms with Gasteiger partial charge >= 0.3 is 0 Å². The summed E-state index contributed by atoms with van der Waals surface area (Å²) in [6.45, 7) is 6.39. The van der Waals surface area contributed by atoms with Crippen LogP contribution in [0.25, 0.3) is 0 Å². The van der Waals surface area contributed by atoms with E-state index in [-0.39, 0.29) is 17.9 Å². The Hall–Kier alpha value is -1.55. The van der Waals surface area contributed by atoms with E-state index in [4.69, 9.17) is 0 Å². The number of hydrogen-bond donors (Lipinski definition) is 1. The molecule has 2 saturated heterocycles. The van der Waals surface area contributed by atoms with Gasteiger partial charge in [-0.05, 0) is 38.4 Å². The zero-order valence-corrected chi connectivity index (χ0v) is 18.5. The van der Waals surface area contributed by atoms with Crippen LogP contribution in [-0.2, 0) is 10.0 Å². The molecule has 2 aliphatic heterocycles. The number of rotatable bonds is 8. The molecular weight excluding hydrogens is 407 g/mol. The number of piperazine rings is 1. The third-order valence-corrected chi connectivity index (χ3v) is 7.93. The number of benzene rings is 1. The van der Waals surface area contributed by atoms with Gasteiger partial charge in [0.15, 0.2) is 0 Å². The summed E-state index contributed by atoms with van der Waals surface area (Å²) in [7, 11) is -3.47. The van der Waals surface area contributed by atoms with Crippen molar-refractivity contribution in [2.75, 3.05) is 58.1 Å². The van der Waals surface area contributed by atoms with Crippen LogP contribution in [0.15, 0.2) is 24.3 Å². The smallest absolute Gasteiger partial charge is 0.256 e. The molecule has 7 nitrogen and oxygen atoms in total. The SMILES string of the molecule is CC1CCCCN1CCN(CCS(=O)(=O)N1CCNCC1)C(=O)c1ccccc1F. The molecule has 0 spiro atoms. The van der Waals surface area contributed by atoms with Gasteiger partial charge in [-0.3, -0.25) is 9.69 Å². The zero-order chi connectivity index (χ0) is 21.6. The van der Waals surface area contributed by atoms with Crippen LogP contribution in [0.4, 0.5) is 4.39 Å². The molecule has 3 rings (SSSR count). The van der Waals surface area contributed by atoms with Crippen molar-refractivity contribution in [1.29, 1.82) is 0 Å². The predicted octanol–water partition coefficient (Wildman–Crippen LogP) is 1.38. The molecule has 2 aliphatic rings. The van der Waals surface area contributed by atoms with Crippen LogP contribution in [0.3, 0.4) is 0 Å². The fourth-order valence-corrected chi connectivity index (χ4v) is 5.58. The van der Waals surface area contributed by atoms with Crippen LogP contribution in [0.5, 0.6) is 0 Å². The van der Waals surface area contributed by atoms with Crippen LogP contribution < -0.4 is 5.32 Å². The lowest BCUT2D eigenvalue weighted by Crippen LogP contribution is -2.49. The van der Waals surface area contributed by atoms with Crippen LogP contribution in [0, 0.1) is 5.82 Å². The van der Waals surface area contributed by atoms with Gasteiger partial charge in [-0.15, -0.1) is 0 Å². The van der Waals surface area contributed by atoms with Gasteiger partial charge in [0.1, 0.15) is 5.82 Å². The molecular formula is C21H33FN4O3S. The normalized spacial score (nSPS) is 21.5. The number of halogens is 1. The summed E-state index contributed by atoms with van der Waals surface area (Å²) in [5, 5.41) is 3.14. The molecule has 168 valence electrons. The highest BCUT2D eigenvalue weighted by molar-refractivity contribution is 7.89. The maximum atomic E-state index is 14.2. The van der Waals surface area contributed by atoms with Crippen molar-refractivity contribution >= 4 is 15.9 Å². The Morgan fingerprint density at radius 2 is 1.90 bits per heavy atom. The molecule has 1 atom stereocenters. The van der Waals surface area contributed by atoms with E-state index < -0.39 is 21.7 Å². The number of hydrogen-bond acceptors (Lipinski definition) is 5. The number of amides is 1. The largest absolute Gasteiger partial charge is 0.336 e. The number of carbonyl (C=O) groups excluding carboxylic acids is 1. The van der Waals surface area contributed by atoms with E-state index in [0.29, 0.717) is 45.3 Å². The molecule has 0 aliphatic carbocycles. The molecule has 30 heavy (non-hydrogen) atoms. The molecule has 1 aromatic rings. The maximum Gasteiger partial charge on any atom is 0.256 e. The first-order valence-corrected chi connectivity index (χ1v) is 12.5. The van der Waals surface area contributed by atoms with Gasteiger partial charge in [0.2, 0.25) is 10.0 Å². The topological polar surface area (TPSA) is 73.0 Å². The van der Waals surface area contributed by atoms with Crippen molar-refractivity contribution in [3.8, 4) is 0 Å². The van der Waals surface area contributed by atoms with Gasteiger partial charge in [0.05, 0.1) is 11.3 Å². The van der Waals surface area contributed by atoms with Crippen molar-refractivity contribution < 1.29 is 17.6 Å². The molecule has 9 heteroatoms. The van der Waals surface area contributed by atoms with Gasteiger partial charge in [-0.25, -0.2) is 12.8 Å². The van der Waals surface area contributed by atoms with E-state index in [1.807, 2.05) is 0 Å². The van der Waals surface area contributed by atoms with E-state index >= 15 is 0 Å². The third kappa shape index (κ3) is 6.00. The summed E-state index contributed by atoms with van der Waals surface area (Å²) < 4.78 is 41.2. The summed E-state index contributed by atoms with van der Waals surface area (Å²) in [6, 6.07) is 6.32. The Labute approximate surface area is 179 Å². The quantitative estimate of drug-likeness (QED) is 0.661. The van der Waals surface area contributed by atoms with E-state index in [9.17, 15) is 17.6 Å². The van der Waals surface area contributed by atoms with Gasteiger partial charge in [-0.2, -0.15) is 4.31 Å². The number of piperidine rings is 1. The van der Waals surface area contributed by atoms with Gasteiger partial charge in [-0.1, -0.05) is 18.6 Å². The first kappa shape index (κ1) is 23.1. The first-order chi connectivity index (χ1) is 14.4. The summed E-state index contributed by atoms with van der Waals surface area (Å²) in [5.41, 5.74) is -0.0104. The molecule has 0 aromatic heterocycles. The maximum absolute atomic E-state index is 14.2. The second-order valence-electron chi connectivity index (χ2n) is 8.12. The highest BCUT2D eigenvalue weighted by Crippen LogP contribution is 2.17. The molecule has 0 saturated carbocycles. The van der Waals surface area contributed by atoms with Crippen LogP contribution >= 0.6 is 0 Å². The Kier molecular flexibility index (Phi) is 8.21. The highest BCUT2D eigenvalue weighted by Gasteiger charge is 2.27. The molecule has 1 unspecified atom stereocenters. The van der Waals surface area contributed by atoms with Crippen LogP contribution in [0.2, 0.25) is 0 Å². The number of carbonyl (C=O) groups is 1. The second kappa shape index (κ2) is 10.7. The predicted molar refractivity (Wildman–Crippen MR) is 115 cm³/mol. The van der Waals surface area contributed by atoms with Crippen LogP contribution in [-0.4, -0.2) is 92.6 Å². The zero-order valence-electron chi connectivity index (χ0n) is 17.7. The average molecular weight is 441 g/mol. The molecule has 0 bridgehead atoms. The van der Waals surface area contributed by atoms with E-state index in [0.717, 1.165) is 19.4 Å². The molecule has 2 heterocycles. The van der Waals surface area contributed by atoms with Crippen molar-refractivity contribution in [3.05, 3.63) is 35.6 Å². The average Bonchev–Trinajstić information content (AvgIpc) is 2.75. The minimum Gasteiger partial charge on any atom is -0.336 e. The van der Waals surface area contributed by atoms with E-state index in [2.05, 4.69) is 17.1 Å². The fraction of sp³-hybridized carbons (Fsp3) is 0.667. The molecule has 1 N–H and O–H groups in total. The van der Waals surface area contributed by atoms with Gasteiger partial charge in [0, 0.05) is 51.9 Å². The van der Waals surface area contributed by atoms with E-state index in [1.165, 1.54) is 27.8 Å². The number of likely N-dealkylation sites (tertiary alicyclic amines) is 1. The molecule has 2 fully saturated rings. The van der Waals surface area contributed by atoms with Crippen molar-refractivity contribution in [1.82, 2.24) is 19.4 Å². The number of sulfonamides is 1.